The summed E-state index contributed by atoms with van der Waals surface area (Å²) in [5.41, 5.74) is 6.19. The molecule has 4 saturated heterocycles. The van der Waals surface area contributed by atoms with Crippen molar-refractivity contribution in [3.63, 3.8) is 0 Å². The van der Waals surface area contributed by atoms with Gasteiger partial charge in [-0.3, -0.25) is 4.90 Å². The smallest absolute Gasteiger partial charge is 0.0295 e. The summed E-state index contributed by atoms with van der Waals surface area (Å²) in [5.74, 6) is 1.95. The van der Waals surface area contributed by atoms with Gasteiger partial charge in [0.05, 0.1) is 0 Å². The van der Waals surface area contributed by atoms with Gasteiger partial charge in [0.25, 0.3) is 0 Å². The molecule has 4 fully saturated rings. The Hall–Kier alpha value is -0.120. The van der Waals surface area contributed by atoms with E-state index < -0.39 is 0 Å². The molecule has 0 aromatic heterocycles. The normalized spacial score (nSPS) is 47.1. The molecule has 2 bridgehead atoms. The average Bonchev–Trinajstić information content (AvgIpc) is 2.70. The molecule has 4 unspecified atom stereocenters. The molecule has 17 heavy (non-hydrogen) atoms. The van der Waals surface area contributed by atoms with Crippen LogP contribution in [-0.4, -0.2) is 54.6 Å². The topological polar surface area (TPSA) is 32.5 Å². The zero-order chi connectivity index (χ0) is 12.0. The molecule has 4 aliphatic rings. The summed E-state index contributed by atoms with van der Waals surface area (Å²) >= 11 is 0. The van der Waals surface area contributed by atoms with E-state index in [4.69, 9.17) is 5.73 Å². The van der Waals surface area contributed by atoms with Crippen molar-refractivity contribution in [1.29, 1.82) is 0 Å². The number of likely N-dealkylation sites (N-methyl/N-ethyl adjacent to an activating group) is 1. The summed E-state index contributed by atoms with van der Waals surface area (Å²) in [6.07, 6.45) is 5.20. The molecule has 2 N–H and O–H groups in total. The van der Waals surface area contributed by atoms with Crippen molar-refractivity contribution in [3.05, 3.63) is 0 Å². The maximum Gasteiger partial charge on any atom is 0.0295 e. The summed E-state index contributed by atoms with van der Waals surface area (Å²) in [4.78, 5) is 5.36. The number of nitrogens with zero attached hydrogens (tertiary/aromatic N) is 2. The van der Waals surface area contributed by atoms with E-state index in [1.165, 1.54) is 38.9 Å². The number of piperidine rings is 3. The van der Waals surface area contributed by atoms with Gasteiger partial charge in [-0.05, 0) is 57.7 Å². The van der Waals surface area contributed by atoms with Crippen LogP contribution in [0.15, 0.2) is 0 Å². The van der Waals surface area contributed by atoms with Crippen LogP contribution in [0, 0.1) is 11.8 Å². The third-order valence-corrected chi connectivity index (χ3v) is 5.57. The third-order valence-electron chi connectivity index (χ3n) is 5.57. The molecule has 0 spiro atoms. The summed E-state index contributed by atoms with van der Waals surface area (Å²) < 4.78 is 0. The van der Waals surface area contributed by atoms with Crippen molar-refractivity contribution in [2.24, 2.45) is 17.6 Å². The molecular weight excluding hydrogens is 210 g/mol. The zero-order valence-corrected chi connectivity index (χ0v) is 11.3. The standard InChI is InChI=1S/C14H27N3/c1-3-11(15)8-13-14-12(9-16(13)2)10-4-6-17(14)7-5-10/h10-14H,3-9,15H2,1-2H3. The molecule has 0 aliphatic carbocycles. The van der Waals surface area contributed by atoms with Gasteiger partial charge in [0.2, 0.25) is 0 Å². The highest BCUT2D eigenvalue weighted by Crippen LogP contribution is 2.44. The Labute approximate surface area is 105 Å². The summed E-state index contributed by atoms with van der Waals surface area (Å²) in [6, 6.07) is 1.94. The average molecular weight is 237 g/mol. The van der Waals surface area contributed by atoms with E-state index >= 15 is 0 Å². The minimum atomic E-state index is 0.392. The van der Waals surface area contributed by atoms with Crippen LogP contribution in [0.5, 0.6) is 0 Å². The fourth-order valence-electron chi connectivity index (χ4n) is 4.51. The Kier molecular flexibility index (Phi) is 3.18. The first-order chi connectivity index (χ1) is 8.20. The molecule has 0 aromatic carbocycles. The van der Waals surface area contributed by atoms with Crippen molar-refractivity contribution >= 4 is 0 Å². The third kappa shape index (κ3) is 1.92. The van der Waals surface area contributed by atoms with Crippen LogP contribution in [0.25, 0.3) is 0 Å². The van der Waals surface area contributed by atoms with E-state index in [0.29, 0.717) is 6.04 Å². The van der Waals surface area contributed by atoms with Gasteiger partial charge in [-0.15, -0.1) is 0 Å². The van der Waals surface area contributed by atoms with Gasteiger partial charge in [0.15, 0.2) is 0 Å². The van der Waals surface area contributed by atoms with Crippen molar-refractivity contribution in [2.75, 3.05) is 26.7 Å². The minimum absolute atomic E-state index is 0.392. The Bertz CT molecular complexity index is 273. The molecule has 0 saturated carbocycles. The molecule has 4 aliphatic heterocycles. The van der Waals surface area contributed by atoms with Crippen molar-refractivity contribution in [3.8, 4) is 0 Å². The Morgan fingerprint density at radius 1 is 1.29 bits per heavy atom. The van der Waals surface area contributed by atoms with Crippen LogP contribution < -0.4 is 5.73 Å². The van der Waals surface area contributed by atoms with E-state index in [-0.39, 0.29) is 0 Å². The Morgan fingerprint density at radius 2 is 2.00 bits per heavy atom. The molecule has 0 amide bonds. The van der Waals surface area contributed by atoms with Gasteiger partial charge in [0, 0.05) is 24.7 Å². The van der Waals surface area contributed by atoms with Gasteiger partial charge < -0.3 is 10.6 Å². The molecule has 4 heterocycles. The SMILES string of the molecule is CCC(N)CC1C2C(CN1C)C1CCN2CC1. The first-order valence-corrected chi connectivity index (χ1v) is 7.40. The first-order valence-electron chi connectivity index (χ1n) is 7.40. The lowest BCUT2D eigenvalue weighted by Gasteiger charge is -2.49. The second kappa shape index (κ2) is 4.52. The van der Waals surface area contributed by atoms with Crippen LogP contribution in [-0.2, 0) is 0 Å². The van der Waals surface area contributed by atoms with Crippen LogP contribution in [0.1, 0.15) is 32.6 Å². The highest BCUT2D eigenvalue weighted by molar-refractivity contribution is 5.06. The number of fused-ring (bicyclic) bond motifs is 2. The lowest BCUT2D eigenvalue weighted by atomic mass is 9.73. The monoisotopic (exact) mass is 237 g/mol. The quantitative estimate of drug-likeness (QED) is 0.799. The van der Waals surface area contributed by atoms with E-state index in [1.54, 1.807) is 0 Å². The van der Waals surface area contributed by atoms with Crippen LogP contribution in [0.3, 0.4) is 0 Å². The largest absolute Gasteiger partial charge is 0.328 e. The van der Waals surface area contributed by atoms with Crippen molar-refractivity contribution in [1.82, 2.24) is 9.80 Å². The van der Waals surface area contributed by atoms with Crippen molar-refractivity contribution < 1.29 is 0 Å². The van der Waals surface area contributed by atoms with E-state index in [9.17, 15) is 0 Å². The van der Waals surface area contributed by atoms with E-state index in [0.717, 1.165) is 30.3 Å². The predicted octanol–water partition coefficient (Wildman–Crippen LogP) is 1.14. The highest BCUT2D eigenvalue weighted by Gasteiger charge is 2.51. The lowest BCUT2D eigenvalue weighted by molar-refractivity contribution is 0.00189. The zero-order valence-electron chi connectivity index (χ0n) is 11.3. The molecule has 0 radical (unpaired) electrons. The molecular formula is C14H27N3. The van der Waals surface area contributed by atoms with Gasteiger partial charge in [0.1, 0.15) is 0 Å². The summed E-state index contributed by atoms with van der Waals surface area (Å²) in [6.45, 7) is 6.21. The maximum absolute atomic E-state index is 6.19. The molecule has 98 valence electrons. The van der Waals surface area contributed by atoms with Crippen LogP contribution in [0.4, 0.5) is 0 Å². The number of rotatable bonds is 3. The molecule has 3 nitrogen and oxygen atoms in total. The lowest BCUT2D eigenvalue weighted by Crippen LogP contribution is -2.57. The van der Waals surface area contributed by atoms with Gasteiger partial charge in [-0.1, -0.05) is 6.92 Å². The number of hydrogen-bond acceptors (Lipinski definition) is 3. The molecule has 4 atom stereocenters. The predicted molar refractivity (Wildman–Crippen MR) is 70.9 cm³/mol. The number of nitrogens with two attached hydrogens (primary N) is 1. The molecule has 0 aromatic rings. The van der Waals surface area contributed by atoms with Crippen LogP contribution >= 0.6 is 0 Å². The van der Waals surface area contributed by atoms with E-state index in [2.05, 4.69) is 23.8 Å². The van der Waals surface area contributed by atoms with E-state index in [1.807, 2.05) is 0 Å². The number of hydrogen-bond donors (Lipinski definition) is 1. The maximum atomic E-state index is 6.19. The Balaban J connectivity index is 1.76. The molecule has 4 rings (SSSR count). The molecule has 3 heteroatoms. The van der Waals surface area contributed by atoms with Crippen LogP contribution in [0.2, 0.25) is 0 Å². The Morgan fingerprint density at radius 3 is 2.65 bits per heavy atom. The summed E-state index contributed by atoms with van der Waals surface area (Å²) in [5, 5.41) is 0. The van der Waals surface area contributed by atoms with Crippen molar-refractivity contribution in [2.45, 2.75) is 50.7 Å². The number of likely N-dealkylation sites (tertiary alicyclic amines) is 1. The fraction of sp³-hybridized carbons (Fsp3) is 1.00. The first kappa shape index (κ1) is 11.9. The summed E-state index contributed by atoms with van der Waals surface area (Å²) in [7, 11) is 2.31. The minimum Gasteiger partial charge on any atom is -0.328 e. The fourth-order valence-corrected chi connectivity index (χ4v) is 4.51. The highest BCUT2D eigenvalue weighted by atomic mass is 15.3. The van der Waals surface area contributed by atoms with Gasteiger partial charge in [-0.25, -0.2) is 0 Å². The van der Waals surface area contributed by atoms with Gasteiger partial charge >= 0.3 is 0 Å². The second-order valence-corrected chi connectivity index (χ2v) is 6.44. The second-order valence-electron chi connectivity index (χ2n) is 6.44. The van der Waals surface area contributed by atoms with Gasteiger partial charge in [-0.2, -0.15) is 0 Å².